The van der Waals surface area contributed by atoms with Crippen molar-refractivity contribution in [2.45, 2.75) is 36.7 Å². The molecule has 1 amide bonds. The number of ether oxygens (including phenoxy) is 1. The minimum Gasteiger partial charge on any atom is -0.380 e. The zero-order chi connectivity index (χ0) is 17.2. The second-order valence-corrected chi connectivity index (χ2v) is 8.48. The van der Waals surface area contributed by atoms with Crippen LogP contribution >= 0.6 is 0 Å². The first-order valence-corrected chi connectivity index (χ1v) is 9.86. The van der Waals surface area contributed by atoms with E-state index in [0.717, 1.165) is 25.7 Å². The van der Waals surface area contributed by atoms with E-state index in [1.165, 1.54) is 10.4 Å². The standard InChI is InChI=1S/C17H24N2O4S/c1-23-15-5-3-9-19(12-15)24(21,22)16-6-2-4-14(10-16)17(20)18-11-13-7-8-13/h2,4,6,10,13,15H,3,5,7-9,11-12H2,1H3,(H,18,20)/t15-/m1/s1. The van der Waals surface area contributed by atoms with Gasteiger partial charge in [-0.25, -0.2) is 8.42 Å². The third-order valence-corrected chi connectivity index (χ3v) is 6.52. The summed E-state index contributed by atoms with van der Waals surface area (Å²) < 4.78 is 32.4. The summed E-state index contributed by atoms with van der Waals surface area (Å²) in [5.74, 6) is 0.368. The van der Waals surface area contributed by atoms with Gasteiger partial charge in [0.05, 0.1) is 11.0 Å². The number of rotatable bonds is 6. The molecule has 2 aliphatic rings. The normalized spacial score (nSPS) is 22.3. The van der Waals surface area contributed by atoms with Crippen molar-refractivity contribution in [1.82, 2.24) is 9.62 Å². The Morgan fingerprint density at radius 3 is 2.83 bits per heavy atom. The van der Waals surface area contributed by atoms with Crippen LogP contribution in [0.1, 0.15) is 36.0 Å². The molecule has 2 fully saturated rings. The van der Waals surface area contributed by atoms with Gasteiger partial charge in [-0.05, 0) is 49.8 Å². The molecule has 7 heteroatoms. The molecule has 1 atom stereocenters. The molecule has 1 aromatic rings. The fourth-order valence-electron chi connectivity index (χ4n) is 2.92. The average Bonchev–Trinajstić information content (AvgIpc) is 3.44. The second kappa shape index (κ2) is 7.21. The van der Waals surface area contributed by atoms with Crippen LogP contribution in [0.2, 0.25) is 0 Å². The Morgan fingerprint density at radius 2 is 2.12 bits per heavy atom. The highest BCUT2D eigenvalue weighted by Gasteiger charge is 2.30. The number of hydrogen-bond donors (Lipinski definition) is 1. The Bertz CT molecular complexity index is 700. The molecule has 3 rings (SSSR count). The molecule has 0 aromatic heterocycles. The number of carbonyl (C=O) groups is 1. The molecule has 0 radical (unpaired) electrons. The van der Waals surface area contributed by atoms with E-state index >= 15 is 0 Å². The number of carbonyl (C=O) groups excluding carboxylic acids is 1. The van der Waals surface area contributed by atoms with Crippen LogP contribution in [0.4, 0.5) is 0 Å². The number of benzene rings is 1. The Hall–Kier alpha value is -1.44. The highest BCUT2D eigenvalue weighted by Crippen LogP contribution is 2.27. The molecule has 132 valence electrons. The van der Waals surface area contributed by atoms with Crippen LogP contribution in [0.15, 0.2) is 29.2 Å². The third kappa shape index (κ3) is 3.96. The number of nitrogens with one attached hydrogen (secondary N) is 1. The van der Waals surface area contributed by atoms with E-state index in [1.54, 1.807) is 25.3 Å². The predicted molar refractivity (Wildman–Crippen MR) is 90.3 cm³/mol. The molecule has 1 saturated heterocycles. The summed E-state index contributed by atoms with van der Waals surface area (Å²) in [4.78, 5) is 12.4. The topological polar surface area (TPSA) is 75.7 Å². The molecule has 1 heterocycles. The first kappa shape index (κ1) is 17.4. The summed E-state index contributed by atoms with van der Waals surface area (Å²) in [7, 11) is -2.00. The molecule has 1 N–H and O–H groups in total. The van der Waals surface area contributed by atoms with Crippen LogP contribution in [0.3, 0.4) is 0 Å². The number of sulfonamides is 1. The van der Waals surface area contributed by atoms with Crippen LogP contribution in [-0.2, 0) is 14.8 Å². The fraction of sp³-hybridized carbons (Fsp3) is 0.588. The Balaban J connectivity index is 1.75. The highest BCUT2D eigenvalue weighted by atomic mass is 32.2. The van der Waals surface area contributed by atoms with E-state index in [2.05, 4.69) is 5.32 Å². The van der Waals surface area contributed by atoms with E-state index in [-0.39, 0.29) is 16.9 Å². The predicted octanol–water partition coefficient (Wildman–Crippen LogP) is 1.63. The number of nitrogens with zero attached hydrogens (tertiary/aromatic N) is 1. The molecule has 0 bridgehead atoms. The van der Waals surface area contributed by atoms with E-state index < -0.39 is 10.0 Å². The third-order valence-electron chi connectivity index (χ3n) is 4.66. The molecule has 0 spiro atoms. The van der Waals surface area contributed by atoms with Gasteiger partial charge in [0.1, 0.15) is 0 Å². The zero-order valence-electron chi connectivity index (χ0n) is 13.9. The quantitative estimate of drug-likeness (QED) is 0.844. The molecule has 0 unspecified atom stereocenters. The number of hydrogen-bond acceptors (Lipinski definition) is 4. The van der Waals surface area contributed by atoms with Gasteiger partial charge in [0, 0.05) is 32.3 Å². The lowest BCUT2D eigenvalue weighted by Crippen LogP contribution is -2.42. The Kier molecular flexibility index (Phi) is 5.22. The van der Waals surface area contributed by atoms with Crippen molar-refractivity contribution >= 4 is 15.9 Å². The van der Waals surface area contributed by atoms with Crippen LogP contribution in [0, 0.1) is 5.92 Å². The van der Waals surface area contributed by atoms with Gasteiger partial charge in [0.2, 0.25) is 10.0 Å². The number of piperidine rings is 1. The smallest absolute Gasteiger partial charge is 0.251 e. The van der Waals surface area contributed by atoms with Crippen molar-refractivity contribution in [3.05, 3.63) is 29.8 Å². The number of methoxy groups -OCH3 is 1. The van der Waals surface area contributed by atoms with Crippen molar-refractivity contribution < 1.29 is 17.9 Å². The SMILES string of the molecule is CO[C@@H]1CCCN(S(=O)(=O)c2cccc(C(=O)NCC3CC3)c2)C1. The Morgan fingerprint density at radius 1 is 1.33 bits per heavy atom. The van der Waals surface area contributed by atoms with Gasteiger partial charge in [-0.2, -0.15) is 4.31 Å². The van der Waals surface area contributed by atoms with Gasteiger partial charge in [0.25, 0.3) is 5.91 Å². The molecule has 1 saturated carbocycles. The lowest BCUT2D eigenvalue weighted by atomic mass is 10.1. The summed E-state index contributed by atoms with van der Waals surface area (Å²) in [5, 5.41) is 2.87. The summed E-state index contributed by atoms with van der Waals surface area (Å²) in [5.41, 5.74) is 0.386. The Labute approximate surface area is 143 Å². The van der Waals surface area contributed by atoms with E-state index in [0.29, 0.717) is 31.1 Å². The molecule has 1 aliphatic carbocycles. The summed E-state index contributed by atoms with van der Waals surface area (Å²) >= 11 is 0. The lowest BCUT2D eigenvalue weighted by molar-refractivity contribution is 0.0572. The molecular weight excluding hydrogens is 328 g/mol. The average molecular weight is 352 g/mol. The van der Waals surface area contributed by atoms with Crippen molar-refractivity contribution in [3.8, 4) is 0 Å². The number of amides is 1. The van der Waals surface area contributed by atoms with Gasteiger partial charge in [-0.3, -0.25) is 4.79 Å². The van der Waals surface area contributed by atoms with Gasteiger partial charge < -0.3 is 10.1 Å². The van der Waals surface area contributed by atoms with E-state index in [1.807, 2.05) is 0 Å². The van der Waals surface area contributed by atoms with Crippen molar-refractivity contribution in [2.75, 3.05) is 26.7 Å². The first-order valence-electron chi connectivity index (χ1n) is 8.42. The monoisotopic (exact) mass is 352 g/mol. The van der Waals surface area contributed by atoms with E-state index in [4.69, 9.17) is 4.74 Å². The van der Waals surface area contributed by atoms with Crippen LogP contribution < -0.4 is 5.32 Å². The van der Waals surface area contributed by atoms with Crippen LogP contribution in [0.25, 0.3) is 0 Å². The molecule has 24 heavy (non-hydrogen) atoms. The molecule has 1 aromatic carbocycles. The van der Waals surface area contributed by atoms with Crippen LogP contribution in [-0.4, -0.2) is 51.5 Å². The molecule has 1 aliphatic heterocycles. The van der Waals surface area contributed by atoms with Gasteiger partial charge in [-0.15, -0.1) is 0 Å². The molecule has 6 nitrogen and oxygen atoms in total. The molecular formula is C17H24N2O4S. The minimum absolute atomic E-state index is 0.0708. The summed E-state index contributed by atoms with van der Waals surface area (Å²) in [6, 6.07) is 6.28. The largest absolute Gasteiger partial charge is 0.380 e. The van der Waals surface area contributed by atoms with Crippen molar-refractivity contribution in [3.63, 3.8) is 0 Å². The summed E-state index contributed by atoms with van der Waals surface area (Å²) in [6.45, 7) is 1.51. The first-order chi connectivity index (χ1) is 11.5. The summed E-state index contributed by atoms with van der Waals surface area (Å²) in [6.07, 6.45) is 3.89. The minimum atomic E-state index is -3.61. The van der Waals surface area contributed by atoms with Crippen molar-refractivity contribution in [1.29, 1.82) is 0 Å². The maximum atomic E-state index is 12.8. The highest BCUT2D eigenvalue weighted by molar-refractivity contribution is 7.89. The fourth-order valence-corrected chi connectivity index (χ4v) is 4.48. The van der Waals surface area contributed by atoms with Crippen molar-refractivity contribution in [2.24, 2.45) is 5.92 Å². The second-order valence-electron chi connectivity index (χ2n) is 6.54. The van der Waals surface area contributed by atoms with Gasteiger partial charge in [-0.1, -0.05) is 6.07 Å². The van der Waals surface area contributed by atoms with Gasteiger partial charge in [0.15, 0.2) is 0 Å². The van der Waals surface area contributed by atoms with E-state index in [9.17, 15) is 13.2 Å². The lowest BCUT2D eigenvalue weighted by Gasteiger charge is -2.31. The van der Waals surface area contributed by atoms with Gasteiger partial charge >= 0.3 is 0 Å². The zero-order valence-corrected chi connectivity index (χ0v) is 14.7. The maximum Gasteiger partial charge on any atom is 0.251 e. The maximum absolute atomic E-state index is 12.8. The van der Waals surface area contributed by atoms with Crippen LogP contribution in [0.5, 0.6) is 0 Å².